The van der Waals surface area contributed by atoms with Gasteiger partial charge in [0.15, 0.2) is 0 Å². The number of rotatable bonds is 6. The lowest BCUT2D eigenvalue weighted by atomic mass is 10.1. The van der Waals surface area contributed by atoms with Gasteiger partial charge in [0.2, 0.25) is 11.8 Å². The van der Waals surface area contributed by atoms with E-state index >= 15 is 0 Å². The van der Waals surface area contributed by atoms with Crippen molar-refractivity contribution in [3.63, 3.8) is 0 Å². The van der Waals surface area contributed by atoms with Crippen LogP contribution in [0.2, 0.25) is 0 Å². The van der Waals surface area contributed by atoms with Crippen LogP contribution in [0.15, 0.2) is 48.5 Å². The van der Waals surface area contributed by atoms with Crippen LogP contribution in [0.1, 0.15) is 19.2 Å². The Morgan fingerprint density at radius 1 is 1.21 bits per heavy atom. The minimum atomic E-state index is -0.372. The molecule has 0 unspecified atom stereocenters. The number of fused-ring (bicyclic) bond motifs is 1. The molecule has 1 fully saturated rings. The van der Waals surface area contributed by atoms with E-state index in [1.165, 1.54) is 0 Å². The highest BCUT2D eigenvalue weighted by Gasteiger charge is 2.35. The summed E-state index contributed by atoms with van der Waals surface area (Å²) >= 11 is 0. The maximum atomic E-state index is 12.7. The molecule has 2 heterocycles. The molecule has 0 aliphatic carbocycles. The summed E-state index contributed by atoms with van der Waals surface area (Å²) in [6.45, 7) is 3.23. The Kier molecular flexibility index (Phi) is 5.20. The number of para-hydroxylation sites is 2. The van der Waals surface area contributed by atoms with Gasteiger partial charge >= 0.3 is 0 Å². The van der Waals surface area contributed by atoms with E-state index < -0.39 is 0 Å². The Bertz CT molecular complexity index is 1040. The van der Waals surface area contributed by atoms with Crippen LogP contribution in [0.25, 0.3) is 11.0 Å². The molecule has 29 heavy (non-hydrogen) atoms. The number of imidazole rings is 1. The van der Waals surface area contributed by atoms with E-state index in [0.29, 0.717) is 19.7 Å². The first-order valence-corrected chi connectivity index (χ1v) is 9.78. The van der Waals surface area contributed by atoms with E-state index in [1.54, 1.807) is 4.90 Å². The molecule has 1 aliphatic rings. The Hall–Kier alpha value is -3.35. The van der Waals surface area contributed by atoms with E-state index in [-0.39, 0.29) is 24.2 Å². The number of nitrogens with one attached hydrogen (secondary N) is 1. The Morgan fingerprint density at radius 3 is 2.69 bits per heavy atom. The molecule has 150 valence electrons. The molecule has 1 saturated heterocycles. The second-order valence-corrected chi connectivity index (χ2v) is 7.13. The van der Waals surface area contributed by atoms with Crippen molar-refractivity contribution in [2.45, 2.75) is 19.9 Å². The number of aryl methyl sites for hydroxylation is 1. The molecule has 4 rings (SSSR count). The maximum absolute atomic E-state index is 12.7. The molecule has 0 bridgehead atoms. The van der Waals surface area contributed by atoms with Crippen LogP contribution in [0.4, 0.5) is 5.69 Å². The number of hydrogen-bond donors (Lipinski definition) is 1. The smallest absolute Gasteiger partial charge is 0.227 e. The van der Waals surface area contributed by atoms with Crippen LogP contribution in [0, 0.1) is 5.92 Å². The van der Waals surface area contributed by atoms with Crippen molar-refractivity contribution in [1.29, 1.82) is 0 Å². The van der Waals surface area contributed by atoms with Crippen LogP contribution in [0.3, 0.4) is 0 Å². The van der Waals surface area contributed by atoms with Gasteiger partial charge in [-0.25, -0.2) is 4.98 Å². The highest BCUT2D eigenvalue weighted by atomic mass is 16.5. The van der Waals surface area contributed by atoms with Gasteiger partial charge in [0.25, 0.3) is 0 Å². The molecule has 2 aromatic carbocycles. The van der Waals surface area contributed by atoms with Crippen molar-refractivity contribution in [1.82, 2.24) is 14.9 Å². The fourth-order valence-corrected chi connectivity index (χ4v) is 3.69. The predicted molar refractivity (Wildman–Crippen MR) is 111 cm³/mol. The molecule has 7 heteroatoms. The van der Waals surface area contributed by atoms with E-state index in [4.69, 9.17) is 4.74 Å². The molecule has 0 radical (unpaired) electrons. The van der Waals surface area contributed by atoms with Gasteiger partial charge in [-0.05, 0) is 43.3 Å². The number of carbonyl (C=O) groups excluding carboxylic acids is 2. The number of hydrogen-bond acceptors (Lipinski definition) is 4. The second kappa shape index (κ2) is 7.95. The molecule has 1 aliphatic heterocycles. The number of benzene rings is 2. The zero-order valence-corrected chi connectivity index (χ0v) is 16.6. The number of nitrogens with zero attached hydrogens (tertiary/aromatic N) is 3. The van der Waals surface area contributed by atoms with Crippen LogP contribution >= 0.6 is 0 Å². The Balaban J connectivity index is 1.39. The molecule has 3 aromatic rings. The zero-order valence-electron chi connectivity index (χ0n) is 16.6. The van der Waals surface area contributed by atoms with Crippen molar-refractivity contribution in [3.05, 3.63) is 54.4 Å². The van der Waals surface area contributed by atoms with Gasteiger partial charge < -0.3 is 19.5 Å². The molecule has 7 nitrogen and oxygen atoms in total. The normalized spacial score (nSPS) is 16.4. The van der Waals surface area contributed by atoms with Gasteiger partial charge in [-0.1, -0.05) is 12.1 Å². The Morgan fingerprint density at radius 2 is 1.97 bits per heavy atom. The van der Waals surface area contributed by atoms with Crippen molar-refractivity contribution in [2.24, 2.45) is 13.0 Å². The summed E-state index contributed by atoms with van der Waals surface area (Å²) in [6, 6.07) is 15.2. The molecule has 1 N–H and O–H groups in total. The third kappa shape index (κ3) is 3.81. The fraction of sp³-hybridized carbons (Fsp3) is 0.318. The van der Waals surface area contributed by atoms with Gasteiger partial charge in [-0.15, -0.1) is 0 Å². The average Bonchev–Trinajstić information content (AvgIpc) is 3.27. The highest BCUT2D eigenvalue weighted by molar-refractivity contribution is 6.00. The zero-order chi connectivity index (χ0) is 20.4. The summed E-state index contributed by atoms with van der Waals surface area (Å²) in [5.41, 5.74) is 2.70. The summed E-state index contributed by atoms with van der Waals surface area (Å²) in [4.78, 5) is 31.3. The number of anilines is 1. The highest BCUT2D eigenvalue weighted by Crippen LogP contribution is 2.27. The third-order valence-electron chi connectivity index (χ3n) is 5.26. The SMILES string of the molecule is CCOc1ccc(N2C[C@H](C(=O)NCc3nc4ccccc4n3C)CC2=O)cc1. The molecule has 0 spiro atoms. The largest absolute Gasteiger partial charge is 0.494 e. The molecule has 1 aromatic heterocycles. The first-order chi connectivity index (χ1) is 14.1. The molecular formula is C22H24N4O3. The topological polar surface area (TPSA) is 76.5 Å². The average molecular weight is 392 g/mol. The van der Waals surface area contributed by atoms with Crippen molar-refractivity contribution >= 4 is 28.5 Å². The van der Waals surface area contributed by atoms with Gasteiger partial charge in [0, 0.05) is 25.7 Å². The van der Waals surface area contributed by atoms with Crippen LogP contribution in [-0.2, 0) is 23.2 Å². The standard InChI is InChI=1S/C22H24N4O3/c1-3-29-17-10-8-16(9-11-17)26-14-15(12-21(26)27)22(28)23-13-20-24-18-6-4-5-7-19(18)25(20)2/h4-11,15H,3,12-14H2,1-2H3,(H,23,28)/t15-/m1/s1. The minimum Gasteiger partial charge on any atom is -0.494 e. The van der Waals surface area contributed by atoms with Gasteiger partial charge in [0.1, 0.15) is 11.6 Å². The van der Waals surface area contributed by atoms with Gasteiger partial charge in [0.05, 0.1) is 30.1 Å². The summed E-state index contributed by atoms with van der Waals surface area (Å²) < 4.78 is 7.41. The van der Waals surface area contributed by atoms with Crippen molar-refractivity contribution < 1.29 is 14.3 Å². The maximum Gasteiger partial charge on any atom is 0.227 e. The lowest BCUT2D eigenvalue weighted by Crippen LogP contribution is -2.33. The van der Waals surface area contributed by atoms with E-state index in [2.05, 4.69) is 10.3 Å². The first-order valence-electron chi connectivity index (χ1n) is 9.78. The van der Waals surface area contributed by atoms with Crippen molar-refractivity contribution in [3.8, 4) is 5.75 Å². The number of ether oxygens (including phenoxy) is 1. The molecule has 0 saturated carbocycles. The summed E-state index contributed by atoms with van der Waals surface area (Å²) in [5, 5.41) is 2.94. The van der Waals surface area contributed by atoms with E-state index in [0.717, 1.165) is 28.3 Å². The molecular weight excluding hydrogens is 368 g/mol. The van der Waals surface area contributed by atoms with Gasteiger partial charge in [-0.2, -0.15) is 0 Å². The van der Waals surface area contributed by atoms with Gasteiger partial charge in [-0.3, -0.25) is 9.59 Å². The summed E-state index contributed by atoms with van der Waals surface area (Å²) in [6.07, 6.45) is 0.210. The van der Waals surface area contributed by atoms with Crippen LogP contribution in [0.5, 0.6) is 5.75 Å². The van der Waals surface area contributed by atoms with E-state index in [1.807, 2.05) is 67.1 Å². The lowest BCUT2D eigenvalue weighted by molar-refractivity contribution is -0.126. The number of aromatic nitrogens is 2. The first kappa shape index (κ1) is 19.0. The Labute approximate surface area is 169 Å². The molecule has 2 amide bonds. The lowest BCUT2D eigenvalue weighted by Gasteiger charge is -2.17. The van der Waals surface area contributed by atoms with Crippen molar-refractivity contribution in [2.75, 3.05) is 18.1 Å². The van der Waals surface area contributed by atoms with Crippen LogP contribution in [-0.4, -0.2) is 34.5 Å². The second-order valence-electron chi connectivity index (χ2n) is 7.13. The fourth-order valence-electron chi connectivity index (χ4n) is 3.69. The summed E-state index contributed by atoms with van der Waals surface area (Å²) in [5.74, 6) is 1.01. The molecule has 1 atom stereocenters. The van der Waals surface area contributed by atoms with E-state index in [9.17, 15) is 9.59 Å². The van der Waals surface area contributed by atoms with Crippen LogP contribution < -0.4 is 15.0 Å². The predicted octanol–water partition coefficient (Wildman–Crippen LogP) is 2.64. The third-order valence-corrected chi connectivity index (χ3v) is 5.26. The quantitative estimate of drug-likeness (QED) is 0.700. The monoisotopic (exact) mass is 392 g/mol. The number of carbonyl (C=O) groups is 2. The number of amides is 2. The summed E-state index contributed by atoms with van der Waals surface area (Å²) in [7, 11) is 1.93. The minimum absolute atomic E-state index is 0.0444.